The van der Waals surface area contributed by atoms with Gasteiger partial charge in [-0.1, -0.05) is 139 Å². The first kappa shape index (κ1) is 32.1. The molecule has 10 rings (SSSR count). The lowest BCUT2D eigenvalue weighted by Gasteiger charge is -2.44. The van der Waals surface area contributed by atoms with Crippen molar-refractivity contribution in [3.05, 3.63) is 199 Å². The second-order valence-corrected chi connectivity index (χ2v) is 14.8. The number of hydrogen-bond donors (Lipinski definition) is 0. The van der Waals surface area contributed by atoms with Crippen molar-refractivity contribution in [1.29, 1.82) is 0 Å². The van der Waals surface area contributed by atoms with Crippen LogP contribution in [0.4, 0.5) is 34.1 Å². The monoisotopic (exact) mass is 690 g/mol. The Morgan fingerprint density at radius 1 is 0.352 bits per heavy atom. The Bertz CT molecular complexity index is 2510. The normalized spacial score (nSPS) is 12.6. The third-order valence-electron chi connectivity index (χ3n) is 11.3. The Morgan fingerprint density at radius 3 is 1.19 bits per heavy atom. The topological polar surface area (TPSA) is 6.48 Å². The van der Waals surface area contributed by atoms with E-state index in [2.05, 4.69) is 213 Å². The van der Waals surface area contributed by atoms with Gasteiger partial charge in [0.25, 0.3) is 6.71 Å². The summed E-state index contributed by atoms with van der Waals surface area (Å²) in [6, 6.07) is 67.2. The molecule has 8 aromatic carbocycles. The fourth-order valence-electron chi connectivity index (χ4n) is 9.12. The van der Waals surface area contributed by atoms with Crippen molar-refractivity contribution < 1.29 is 0 Å². The third-order valence-corrected chi connectivity index (χ3v) is 11.3. The molecule has 0 spiro atoms. The fourth-order valence-corrected chi connectivity index (χ4v) is 9.12. The highest BCUT2D eigenvalue weighted by Crippen LogP contribution is 2.47. The van der Waals surface area contributed by atoms with E-state index in [4.69, 9.17) is 0 Å². The van der Waals surface area contributed by atoms with Gasteiger partial charge in [0, 0.05) is 34.1 Å². The Kier molecular flexibility index (Phi) is 7.62. The van der Waals surface area contributed by atoms with E-state index in [1.165, 1.54) is 89.2 Å². The van der Waals surface area contributed by atoms with Crippen LogP contribution in [0.1, 0.15) is 16.7 Å². The van der Waals surface area contributed by atoms with Crippen molar-refractivity contribution in [2.24, 2.45) is 0 Å². The molecule has 0 N–H and O–H groups in total. The summed E-state index contributed by atoms with van der Waals surface area (Å²) in [7, 11) is 0. The number of nitrogens with zero attached hydrogens (tertiary/aromatic N) is 2. The number of anilines is 6. The predicted molar refractivity (Wildman–Crippen MR) is 231 cm³/mol. The van der Waals surface area contributed by atoms with Gasteiger partial charge in [-0.05, 0) is 130 Å². The van der Waals surface area contributed by atoms with Crippen LogP contribution in [-0.2, 0) is 0 Å². The zero-order valence-electron chi connectivity index (χ0n) is 30.8. The van der Waals surface area contributed by atoms with Gasteiger partial charge in [-0.15, -0.1) is 0 Å². The van der Waals surface area contributed by atoms with Gasteiger partial charge in [0.05, 0.1) is 0 Å². The quantitative estimate of drug-likeness (QED) is 0.166. The fraction of sp³-hybridized carbons (Fsp3) is 0.0588. The molecule has 0 saturated heterocycles. The Balaban J connectivity index is 1.34. The molecule has 0 aliphatic carbocycles. The number of para-hydroxylation sites is 2. The largest absolute Gasteiger partial charge is 0.311 e. The van der Waals surface area contributed by atoms with E-state index in [1.807, 2.05) is 0 Å². The highest BCUT2D eigenvalue weighted by Gasteiger charge is 2.44. The molecule has 0 bridgehead atoms. The minimum atomic E-state index is 0.00140. The molecule has 8 aromatic rings. The number of benzene rings is 8. The molecule has 3 heteroatoms. The molecule has 0 fully saturated rings. The Hall–Kier alpha value is -6.58. The average Bonchev–Trinajstić information content (AvgIpc) is 3.21. The highest BCUT2D eigenvalue weighted by molar-refractivity contribution is 7.00. The minimum absolute atomic E-state index is 0.00140. The van der Waals surface area contributed by atoms with Gasteiger partial charge in [0.15, 0.2) is 0 Å². The van der Waals surface area contributed by atoms with E-state index in [0.717, 1.165) is 11.4 Å². The SMILES string of the molecule is Cc1cc(C)c(-c2cc3c4c(c2)N(c2ccccc2)c2ccc(-c5ccccc5)cc2B4c2cc(-c4ccccc4)ccc2N3c2ccccc2)c(C)c1. The van der Waals surface area contributed by atoms with Gasteiger partial charge < -0.3 is 9.80 Å². The molecular formula is C51H39BN2. The van der Waals surface area contributed by atoms with E-state index in [1.54, 1.807) is 0 Å². The van der Waals surface area contributed by atoms with Gasteiger partial charge in [-0.25, -0.2) is 0 Å². The summed E-state index contributed by atoms with van der Waals surface area (Å²) in [4.78, 5) is 5.02. The van der Waals surface area contributed by atoms with Crippen LogP contribution in [0, 0.1) is 20.8 Å². The zero-order chi connectivity index (χ0) is 36.3. The molecule has 0 atom stereocenters. The number of aryl methyl sites for hydroxylation is 3. The summed E-state index contributed by atoms with van der Waals surface area (Å²) < 4.78 is 0. The summed E-state index contributed by atoms with van der Waals surface area (Å²) in [6.07, 6.45) is 0. The molecule has 54 heavy (non-hydrogen) atoms. The number of hydrogen-bond acceptors (Lipinski definition) is 2. The number of fused-ring (bicyclic) bond motifs is 4. The standard InChI is InChI=1S/C51H39BN2/c1-34-28-35(2)50(36(3)29-34)41-32-48-51-49(33-41)54(43-22-14-7-15-23-43)47-27-25-40(38-18-10-5-11-19-38)31-45(47)52(51)44-30-39(37-16-8-4-9-17-37)24-26-46(44)53(48)42-20-12-6-13-21-42/h4-33H,1-3H3. The first-order chi connectivity index (χ1) is 26.5. The lowest BCUT2D eigenvalue weighted by atomic mass is 9.33. The van der Waals surface area contributed by atoms with E-state index < -0.39 is 0 Å². The van der Waals surface area contributed by atoms with Crippen LogP contribution >= 0.6 is 0 Å². The lowest BCUT2D eigenvalue weighted by Crippen LogP contribution is -2.61. The van der Waals surface area contributed by atoms with E-state index in [-0.39, 0.29) is 6.71 Å². The first-order valence-corrected chi connectivity index (χ1v) is 18.9. The van der Waals surface area contributed by atoms with Crippen molar-refractivity contribution in [2.75, 3.05) is 9.80 Å². The Labute approximate surface area is 318 Å². The van der Waals surface area contributed by atoms with Crippen LogP contribution in [0.2, 0.25) is 0 Å². The third kappa shape index (κ3) is 5.19. The molecule has 2 heterocycles. The van der Waals surface area contributed by atoms with Gasteiger partial charge >= 0.3 is 0 Å². The average molecular weight is 691 g/mol. The van der Waals surface area contributed by atoms with Crippen LogP contribution in [0.25, 0.3) is 33.4 Å². The molecular weight excluding hydrogens is 651 g/mol. The molecule has 0 radical (unpaired) electrons. The van der Waals surface area contributed by atoms with Crippen molar-refractivity contribution in [1.82, 2.24) is 0 Å². The van der Waals surface area contributed by atoms with Gasteiger partial charge in [-0.2, -0.15) is 0 Å². The molecule has 2 nitrogen and oxygen atoms in total. The molecule has 0 saturated carbocycles. The van der Waals surface area contributed by atoms with E-state index in [0.29, 0.717) is 0 Å². The minimum Gasteiger partial charge on any atom is -0.311 e. The molecule has 2 aliphatic rings. The summed E-state index contributed by atoms with van der Waals surface area (Å²) in [6.45, 7) is 6.71. The van der Waals surface area contributed by atoms with Crippen LogP contribution in [0.15, 0.2) is 182 Å². The highest BCUT2D eigenvalue weighted by atomic mass is 15.2. The second-order valence-electron chi connectivity index (χ2n) is 14.8. The summed E-state index contributed by atoms with van der Waals surface area (Å²) in [5.74, 6) is 0. The van der Waals surface area contributed by atoms with Crippen molar-refractivity contribution in [2.45, 2.75) is 20.8 Å². The summed E-state index contributed by atoms with van der Waals surface area (Å²) in [5, 5.41) is 0. The molecule has 256 valence electrons. The van der Waals surface area contributed by atoms with Crippen molar-refractivity contribution in [3.63, 3.8) is 0 Å². The number of rotatable bonds is 5. The van der Waals surface area contributed by atoms with Crippen LogP contribution in [0.5, 0.6) is 0 Å². The van der Waals surface area contributed by atoms with Crippen LogP contribution in [-0.4, -0.2) is 6.71 Å². The summed E-state index contributed by atoms with van der Waals surface area (Å²) >= 11 is 0. The van der Waals surface area contributed by atoms with Gasteiger partial charge in [0.1, 0.15) is 0 Å². The van der Waals surface area contributed by atoms with Crippen LogP contribution < -0.4 is 26.2 Å². The zero-order valence-corrected chi connectivity index (χ0v) is 30.8. The first-order valence-electron chi connectivity index (χ1n) is 18.9. The Morgan fingerprint density at radius 2 is 0.759 bits per heavy atom. The summed E-state index contributed by atoms with van der Waals surface area (Å²) in [5.41, 5.74) is 22.4. The van der Waals surface area contributed by atoms with Gasteiger partial charge in [-0.3, -0.25) is 0 Å². The maximum atomic E-state index is 2.51. The molecule has 2 aliphatic heterocycles. The molecule has 0 amide bonds. The molecule has 0 unspecified atom stereocenters. The predicted octanol–water partition coefficient (Wildman–Crippen LogP) is 11.7. The van der Waals surface area contributed by atoms with Crippen molar-refractivity contribution >= 4 is 57.2 Å². The van der Waals surface area contributed by atoms with E-state index in [9.17, 15) is 0 Å². The molecule has 0 aromatic heterocycles. The maximum Gasteiger partial charge on any atom is 0.252 e. The van der Waals surface area contributed by atoms with Gasteiger partial charge in [0.2, 0.25) is 0 Å². The van der Waals surface area contributed by atoms with Crippen LogP contribution in [0.3, 0.4) is 0 Å². The van der Waals surface area contributed by atoms with Crippen molar-refractivity contribution in [3.8, 4) is 33.4 Å². The smallest absolute Gasteiger partial charge is 0.252 e. The van der Waals surface area contributed by atoms with E-state index >= 15 is 0 Å². The maximum absolute atomic E-state index is 2.51. The lowest BCUT2D eigenvalue weighted by molar-refractivity contribution is 1.25. The second kappa shape index (κ2) is 12.8.